The number of hydrogen-bond donors (Lipinski definition) is 3. The zero-order valence-electron chi connectivity index (χ0n) is 17.9. The van der Waals surface area contributed by atoms with E-state index < -0.39 is 0 Å². The van der Waals surface area contributed by atoms with E-state index in [0.29, 0.717) is 11.8 Å². The number of benzene rings is 1. The summed E-state index contributed by atoms with van der Waals surface area (Å²) in [6.45, 7) is 9.91. The summed E-state index contributed by atoms with van der Waals surface area (Å²) in [5.74, 6) is 1.75. The summed E-state index contributed by atoms with van der Waals surface area (Å²) in [6, 6.07) is 8.72. The first-order valence-electron chi connectivity index (χ1n) is 11.0. The molecule has 5 heteroatoms. The van der Waals surface area contributed by atoms with Gasteiger partial charge >= 0.3 is 0 Å². The summed E-state index contributed by atoms with van der Waals surface area (Å²) in [7, 11) is 0. The SMILES string of the molecule is CCCC(CCO)CN=C(NCC)NCC1CCCOC1c1ccc(C)cc1. The van der Waals surface area contributed by atoms with Crippen LogP contribution in [-0.4, -0.2) is 43.9 Å². The average molecular weight is 390 g/mol. The third-order valence-corrected chi connectivity index (χ3v) is 5.47. The number of rotatable bonds is 10. The van der Waals surface area contributed by atoms with Gasteiger partial charge in [0.1, 0.15) is 0 Å². The van der Waals surface area contributed by atoms with Gasteiger partial charge in [0.25, 0.3) is 0 Å². The highest BCUT2D eigenvalue weighted by Crippen LogP contribution is 2.33. The Labute approximate surface area is 171 Å². The Kier molecular flexibility index (Phi) is 10.4. The van der Waals surface area contributed by atoms with Gasteiger partial charge in [-0.15, -0.1) is 0 Å². The normalized spacial score (nSPS) is 21.4. The highest BCUT2D eigenvalue weighted by atomic mass is 16.5. The fraction of sp³-hybridized carbons (Fsp3) is 0.696. The van der Waals surface area contributed by atoms with Crippen LogP contribution in [0.25, 0.3) is 0 Å². The van der Waals surface area contributed by atoms with Gasteiger partial charge in [-0.1, -0.05) is 43.2 Å². The summed E-state index contributed by atoms with van der Waals surface area (Å²) in [5, 5.41) is 16.2. The molecule has 1 aromatic carbocycles. The van der Waals surface area contributed by atoms with Crippen LogP contribution in [0.2, 0.25) is 0 Å². The van der Waals surface area contributed by atoms with Gasteiger partial charge in [0.2, 0.25) is 0 Å². The van der Waals surface area contributed by atoms with E-state index in [0.717, 1.165) is 64.3 Å². The van der Waals surface area contributed by atoms with Gasteiger partial charge < -0.3 is 20.5 Å². The Balaban J connectivity index is 1.97. The molecule has 1 aromatic rings. The topological polar surface area (TPSA) is 65.9 Å². The Bertz CT molecular complexity index is 568. The maximum absolute atomic E-state index is 9.27. The highest BCUT2D eigenvalue weighted by Gasteiger charge is 2.27. The molecule has 0 aromatic heterocycles. The van der Waals surface area contributed by atoms with Gasteiger partial charge in [-0.2, -0.15) is 0 Å². The van der Waals surface area contributed by atoms with Crippen molar-refractivity contribution in [3.63, 3.8) is 0 Å². The number of aliphatic hydroxyl groups is 1. The molecule has 0 bridgehead atoms. The van der Waals surface area contributed by atoms with Crippen LogP contribution in [0.1, 0.15) is 63.2 Å². The van der Waals surface area contributed by atoms with E-state index in [1.807, 2.05) is 0 Å². The van der Waals surface area contributed by atoms with Crippen molar-refractivity contribution in [2.24, 2.45) is 16.8 Å². The molecule has 3 unspecified atom stereocenters. The minimum atomic E-state index is 0.145. The van der Waals surface area contributed by atoms with E-state index in [4.69, 9.17) is 9.73 Å². The van der Waals surface area contributed by atoms with Crippen LogP contribution < -0.4 is 10.6 Å². The van der Waals surface area contributed by atoms with Gasteiger partial charge in [-0.3, -0.25) is 4.99 Å². The summed E-state index contributed by atoms with van der Waals surface area (Å²) < 4.78 is 6.14. The molecular weight excluding hydrogens is 350 g/mol. The molecule has 0 saturated carbocycles. The number of ether oxygens (including phenoxy) is 1. The molecule has 1 heterocycles. The first kappa shape index (κ1) is 22.7. The molecule has 1 aliphatic heterocycles. The number of aryl methyl sites for hydroxylation is 1. The van der Waals surface area contributed by atoms with Crippen molar-refractivity contribution in [1.29, 1.82) is 0 Å². The molecular formula is C23H39N3O2. The molecule has 0 spiro atoms. The Morgan fingerprint density at radius 1 is 1.21 bits per heavy atom. The molecule has 1 aliphatic rings. The predicted molar refractivity (Wildman–Crippen MR) is 117 cm³/mol. The molecule has 0 aliphatic carbocycles. The van der Waals surface area contributed by atoms with Crippen molar-refractivity contribution in [2.45, 2.75) is 59.0 Å². The van der Waals surface area contributed by atoms with Crippen LogP contribution in [-0.2, 0) is 4.74 Å². The van der Waals surface area contributed by atoms with E-state index in [2.05, 4.69) is 55.7 Å². The lowest BCUT2D eigenvalue weighted by Gasteiger charge is -2.32. The zero-order valence-corrected chi connectivity index (χ0v) is 17.9. The fourth-order valence-electron chi connectivity index (χ4n) is 3.88. The Hall–Kier alpha value is -1.59. The monoisotopic (exact) mass is 389 g/mol. The van der Waals surface area contributed by atoms with Crippen LogP contribution >= 0.6 is 0 Å². The number of guanidine groups is 1. The second-order valence-electron chi connectivity index (χ2n) is 7.87. The lowest BCUT2D eigenvalue weighted by molar-refractivity contribution is -0.0265. The summed E-state index contributed by atoms with van der Waals surface area (Å²) in [5.41, 5.74) is 2.55. The minimum absolute atomic E-state index is 0.145. The smallest absolute Gasteiger partial charge is 0.191 e. The van der Waals surface area contributed by atoms with Crippen molar-refractivity contribution in [3.8, 4) is 0 Å². The summed E-state index contributed by atoms with van der Waals surface area (Å²) in [6.07, 6.45) is 5.47. The maximum Gasteiger partial charge on any atom is 0.191 e. The Morgan fingerprint density at radius 3 is 2.68 bits per heavy atom. The molecule has 0 radical (unpaired) electrons. The van der Waals surface area contributed by atoms with Crippen molar-refractivity contribution in [2.75, 3.05) is 32.8 Å². The quantitative estimate of drug-likeness (QED) is 0.420. The summed E-state index contributed by atoms with van der Waals surface area (Å²) in [4.78, 5) is 4.79. The van der Waals surface area contributed by atoms with E-state index in [1.165, 1.54) is 11.1 Å². The van der Waals surface area contributed by atoms with E-state index in [9.17, 15) is 5.11 Å². The second kappa shape index (κ2) is 12.8. The predicted octanol–water partition coefficient (Wildman–Crippen LogP) is 3.82. The van der Waals surface area contributed by atoms with Gasteiger partial charge in [-0.05, 0) is 51.0 Å². The number of nitrogens with one attached hydrogen (secondary N) is 2. The highest BCUT2D eigenvalue weighted by molar-refractivity contribution is 5.79. The molecule has 2 rings (SSSR count). The van der Waals surface area contributed by atoms with Crippen LogP contribution in [0.3, 0.4) is 0 Å². The van der Waals surface area contributed by atoms with Gasteiger partial charge in [-0.25, -0.2) is 0 Å². The summed E-state index contributed by atoms with van der Waals surface area (Å²) >= 11 is 0. The number of nitrogens with zero attached hydrogens (tertiary/aromatic N) is 1. The standard InChI is InChI=1S/C23H39N3O2/c1-4-7-19(13-14-27)16-25-23(24-5-2)26-17-21-8-6-15-28-22(21)20-11-9-18(3)10-12-20/h9-12,19,21-22,27H,4-8,13-17H2,1-3H3,(H2,24,25,26). The second-order valence-corrected chi connectivity index (χ2v) is 7.87. The lowest BCUT2D eigenvalue weighted by atomic mass is 9.89. The van der Waals surface area contributed by atoms with Gasteiger partial charge in [0.15, 0.2) is 5.96 Å². The molecule has 1 fully saturated rings. The maximum atomic E-state index is 9.27. The molecule has 158 valence electrons. The minimum Gasteiger partial charge on any atom is -0.396 e. The first-order chi connectivity index (χ1) is 13.7. The van der Waals surface area contributed by atoms with Crippen molar-refractivity contribution in [1.82, 2.24) is 10.6 Å². The molecule has 5 nitrogen and oxygen atoms in total. The van der Waals surface area contributed by atoms with Crippen LogP contribution in [0.4, 0.5) is 0 Å². The van der Waals surface area contributed by atoms with E-state index >= 15 is 0 Å². The van der Waals surface area contributed by atoms with Gasteiger partial charge in [0.05, 0.1) is 6.10 Å². The van der Waals surface area contributed by atoms with E-state index in [-0.39, 0.29) is 12.7 Å². The van der Waals surface area contributed by atoms with Crippen LogP contribution in [0.5, 0.6) is 0 Å². The van der Waals surface area contributed by atoms with Gasteiger partial charge in [0, 0.05) is 38.8 Å². The van der Waals surface area contributed by atoms with Crippen molar-refractivity contribution in [3.05, 3.63) is 35.4 Å². The molecule has 1 saturated heterocycles. The molecule has 28 heavy (non-hydrogen) atoms. The number of aliphatic imine (C=N–C) groups is 1. The lowest BCUT2D eigenvalue weighted by Crippen LogP contribution is -2.42. The third-order valence-electron chi connectivity index (χ3n) is 5.47. The Morgan fingerprint density at radius 2 is 2.00 bits per heavy atom. The van der Waals surface area contributed by atoms with Crippen LogP contribution in [0, 0.1) is 18.8 Å². The molecule has 3 atom stereocenters. The molecule has 0 amide bonds. The number of aliphatic hydroxyl groups excluding tert-OH is 1. The van der Waals surface area contributed by atoms with Crippen molar-refractivity contribution >= 4 is 5.96 Å². The number of hydrogen-bond acceptors (Lipinski definition) is 3. The van der Waals surface area contributed by atoms with Crippen LogP contribution in [0.15, 0.2) is 29.3 Å². The van der Waals surface area contributed by atoms with E-state index in [1.54, 1.807) is 0 Å². The van der Waals surface area contributed by atoms with Crippen molar-refractivity contribution < 1.29 is 9.84 Å². The average Bonchev–Trinajstić information content (AvgIpc) is 2.71. The third kappa shape index (κ3) is 7.44. The first-order valence-corrected chi connectivity index (χ1v) is 11.0. The molecule has 3 N–H and O–H groups in total. The fourth-order valence-corrected chi connectivity index (χ4v) is 3.88. The zero-order chi connectivity index (χ0) is 20.2. The largest absolute Gasteiger partial charge is 0.396 e.